The van der Waals surface area contributed by atoms with Crippen molar-refractivity contribution in [3.63, 3.8) is 0 Å². The van der Waals surface area contributed by atoms with Crippen molar-refractivity contribution in [1.29, 1.82) is 0 Å². The van der Waals surface area contributed by atoms with Crippen LogP contribution in [0.4, 0.5) is 0 Å². The zero-order chi connectivity index (χ0) is 9.86. The van der Waals surface area contributed by atoms with Gasteiger partial charge in [-0.05, 0) is 45.1 Å². The molecule has 1 aliphatic heterocycles. The molecule has 14 heavy (non-hydrogen) atoms. The minimum Gasteiger partial charge on any atom is -0.325 e. The molecule has 1 aliphatic carbocycles. The zero-order valence-electron chi connectivity index (χ0n) is 9.23. The average molecular weight is 196 g/mol. The molecule has 0 aromatic rings. The van der Waals surface area contributed by atoms with E-state index in [1.54, 1.807) is 0 Å². The number of nitrogens with two attached hydrogens (primary N) is 1. The highest BCUT2D eigenvalue weighted by Crippen LogP contribution is 2.30. The highest BCUT2D eigenvalue weighted by atomic mass is 14.9. The Bertz CT molecular complexity index is 167. The second kappa shape index (κ2) is 4.63. The largest absolute Gasteiger partial charge is 0.325 e. The summed E-state index contributed by atoms with van der Waals surface area (Å²) in [5.74, 6) is 0. The van der Waals surface area contributed by atoms with Crippen LogP contribution in [-0.2, 0) is 0 Å². The minimum absolute atomic E-state index is 0.197. The van der Waals surface area contributed by atoms with E-state index in [-0.39, 0.29) is 5.54 Å². The lowest BCUT2D eigenvalue weighted by Gasteiger charge is -2.34. The van der Waals surface area contributed by atoms with Gasteiger partial charge in [0, 0.05) is 11.6 Å². The average Bonchev–Trinajstić information content (AvgIpc) is 2.69. The third-order valence-electron chi connectivity index (χ3n) is 4.00. The Morgan fingerprint density at radius 2 is 1.93 bits per heavy atom. The Balaban J connectivity index is 1.72. The van der Waals surface area contributed by atoms with Crippen molar-refractivity contribution in [2.75, 3.05) is 6.54 Å². The maximum Gasteiger partial charge on any atom is 0.0154 e. The van der Waals surface area contributed by atoms with Crippen LogP contribution >= 0.6 is 0 Å². The van der Waals surface area contributed by atoms with Crippen molar-refractivity contribution in [3.8, 4) is 0 Å². The molecule has 1 atom stereocenters. The van der Waals surface area contributed by atoms with Crippen LogP contribution in [0.2, 0.25) is 0 Å². The van der Waals surface area contributed by atoms with Gasteiger partial charge in [-0.1, -0.05) is 19.3 Å². The molecular weight excluding hydrogens is 172 g/mol. The molecule has 1 heterocycles. The first kappa shape index (κ1) is 10.4. The normalized spacial score (nSPS) is 31.9. The fraction of sp³-hybridized carbons (Fsp3) is 1.00. The second-order valence-electron chi connectivity index (χ2n) is 5.25. The number of nitrogens with one attached hydrogen (secondary N) is 1. The van der Waals surface area contributed by atoms with Gasteiger partial charge < -0.3 is 11.1 Å². The van der Waals surface area contributed by atoms with Crippen molar-refractivity contribution < 1.29 is 0 Å². The molecule has 2 nitrogen and oxygen atoms in total. The van der Waals surface area contributed by atoms with Gasteiger partial charge >= 0.3 is 0 Å². The van der Waals surface area contributed by atoms with E-state index in [0.29, 0.717) is 0 Å². The summed E-state index contributed by atoms with van der Waals surface area (Å²) in [6, 6.07) is 0.775. The first-order valence-electron chi connectivity index (χ1n) is 6.31. The van der Waals surface area contributed by atoms with E-state index in [1.165, 1.54) is 64.3 Å². The van der Waals surface area contributed by atoms with Gasteiger partial charge in [0.15, 0.2) is 0 Å². The van der Waals surface area contributed by atoms with Gasteiger partial charge in [-0.25, -0.2) is 0 Å². The summed E-state index contributed by atoms with van der Waals surface area (Å²) in [5, 5.41) is 3.56. The summed E-state index contributed by atoms with van der Waals surface area (Å²) < 4.78 is 0. The monoisotopic (exact) mass is 196 g/mol. The fourth-order valence-electron chi connectivity index (χ4n) is 2.97. The molecule has 1 saturated carbocycles. The first-order valence-corrected chi connectivity index (χ1v) is 6.31. The van der Waals surface area contributed by atoms with Crippen molar-refractivity contribution >= 4 is 0 Å². The molecule has 1 unspecified atom stereocenters. The summed E-state index contributed by atoms with van der Waals surface area (Å²) in [6.07, 6.45) is 11.9. The van der Waals surface area contributed by atoms with Crippen molar-refractivity contribution in [2.45, 2.75) is 69.4 Å². The molecule has 0 aromatic heterocycles. The molecule has 0 amide bonds. The van der Waals surface area contributed by atoms with Crippen LogP contribution in [0, 0.1) is 0 Å². The van der Waals surface area contributed by atoms with E-state index in [4.69, 9.17) is 5.73 Å². The van der Waals surface area contributed by atoms with Gasteiger partial charge in [-0.2, -0.15) is 0 Å². The van der Waals surface area contributed by atoms with E-state index < -0.39 is 0 Å². The van der Waals surface area contributed by atoms with Gasteiger partial charge in [0.2, 0.25) is 0 Å². The Labute approximate surface area is 87.6 Å². The van der Waals surface area contributed by atoms with Crippen LogP contribution < -0.4 is 11.1 Å². The second-order valence-corrected chi connectivity index (χ2v) is 5.25. The number of hydrogen-bond acceptors (Lipinski definition) is 2. The molecule has 0 radical (unpaired) electrons. The predicted molar refractivity (Wildman–Crippen MR) is 60.3 cm³/mol. The maximum atomic E-state index is 6.41. The Hall–Kier alpha value is -0.0800. The highest BCUT2D eigenvalue weighted by molar-refractivity contribution is 4.89. The van der Waals surface area contributed by atoms with Gasteiger partial charge in [0.25, 0.3) is 0 Å². The molecule has 1 saturated heterocycles. The predicted octanol–water partition coefficient (Wildman–Crippen LogP) is 2.18. The molecule has 82 valence electrons. The van der Waals surface area contributed by atoms with Gasteiger partial charge in [0.05, 0.1) is 0 Å². The van der Waals surface area contributed by atoms with Crippen LogP contribution in [0.5, 0.6) is 0 Å². The third kappa shape index (κ3) is 2.71. The van der Waals surface area contributed by atoms with E-state index in [2.05, 4.69) is 5.32 Å². The summed E-state index contributed by atoms with van der Waals surface area (Å²) in [4.78, 5) is 0. The van der Waals surface area contributed by atoms with E-state index in [1.807, 2.05) is 0 Å². The number of hydrogen-bond donors (Lipinski definition) is 2. The van der Waals surface area contributed by atoms with Gasteiger partial charge in [-0.3, -0.25) is 0 Å². The third-order valence-corrected chi connectivity index (χ3v) is 4.00. The smallest absolute Gasteiger partial charge is 0.0154 e. The maximum absolute atomic E-state index is 6.41. The molecule has 2 heteroatoms. The summed E-state index contributed by atoms with van der Waals surface area (Å²) in [5.41, 5.74) is 6.61. The molecular formula is C12H24N2. The summed E-state index contributed by atoms with van der Waals surface area (Å²) >= 11 is 0. The van der Waals surface area contributed by atoms with Crippen LogP contribution in [0.15, 0.2) is 0 Å². The van der Waals surface area contributed by atoms with Crippen LogP contribution in [0.1, 0.15) is 57.8 Å². The molecule has 0 aromatic carbocycles. The van der Waals surface area contributed by atoms with Crippen molar-refractivity contribution in [2.24, 2.45) is 5.73 Å². The van der Waals surface area contributed by atoms with Gasteiger partial charge in [-0.15, -0.1) is 0 Å². The lowest BCUT2D eigenvalue weighted by atomic mass is 9.78. The van der Waals surface area contributed by atoms with E-state index >= 15 is 0 Å². The van der Waals surface area contributed by atoms with Crippen molar-refractivity contribution in [1.82, 2.24) is 5.32 Å². The fourth-order valence-corrected chi connectivity index (χ4v) is 2.97. The van der Waals surface area contributed by atoms with E-state index in [0.717, 1.165) is 6.04 Å². The minimum atomic E-state index is 0.197. The SMILES string of the molecule is NC1(CCC2CCCN2)CCCCC1. The van der Waals surface area contributed by atoms with Gasteiger partial charge in [0.1, 0.15) is 0 Å². The standard InChI is InChI=1S/C12H24N2/c13-12(7-2-1-3-8-12)9-6-11-5-4-10-14-11/h11,14H,1-10,13H2. The molecule has 2 fully saturated rings. The summed E-state index contributed by atoms with van der Waals surface area (Å²) in [6.45, 7) is 1.22. The lowest BCUT2D eigenvalue weighted by molar-refractivity contribution is 0.263. The first-order chi connectivity index (χ1) is 6.79. The lowest BCUT2D eigenvalue weighted by Crippen LogP contribution is -2.42. The molecule has 0 bridgehead atoms. The Morgan fingerprint density at radius 1 is 1.14 bits per heavy atom. The van der Waals surface area contributed by atoms with Crippen LogP contribution in [0.25, 0.3) is 0 Å². The Kier molecular flexibility index (Phi) is 3.45. The van der Waals surface area contributed by atoms with E-state index in [9.17, 15) is 0 Å². The van der Waals surface area contributed by atoms with Crippen LogP contribution in [0.3, 0.4) is 0 Å². The highest BCUT2D eigenvalue weighted by Gasteiger charge is 2.28. The Morgan fingerprint density at radius 3 is 2.57 bits per heavy atom. The van der Waals surface area contributed by atoms with Crippen molar-refractivity contribution in [3.05, 3.63) is 0 Å². The summed E-state index contributed by atoms with van der Waals surface area (Å²) in [7, 11) is 0. The topological polar surface area (TPSA) is 38.0 Å². The quantitative estimate of drug-likeness (QED) is 0.726. The molecule has 0 spiro atoms. The number of rotatable bonds is 3. The van der Waals surface area contributed by atoms with Crippen LogP contribution in [-0.4, -0.2) is 18.1 Å². The molecule has 3 N–H and O–H groups in total. The molecule has 2 rings (SSSR count). The zero-order valence-corrected chi connectivity index (χ0v) is 9.23. The molecule has 2 aliphatic rings.